The maximum atomic E-state index is 6.26. The van der Waals surface area contributed by atoms with E-state index in [1.54, 1.807) is 0 Å². The van der Waals surface area contributed by atoms with E-state index < -0.39 is 0 Å². The number of aliphatic imine (C=N–C) groups is 1. The van der Waals surface area contributed by atoms with Crippen molar-refractivity contribution in [3.05, 3.63) is 107 Å². The standard InChI is InChI=1S/C27H28N6/c1-18-26-30-31-27(23(17-32(2)3)19-10-6-4-7-11-19)33(26)24-15-14-21(28)16-22(24)25(29-18)20-12-8-5-9-13-20/h4-16,18,23H,17,28H2,1-3H3. The molecule has 2 heterocycles. The van der Waals surface area contributed by atoms with E-state index in [4.69, 9.17) is 15.8 Å². The van der Waals surface area contributed by atoms with E-state index in [2.05, 4.69) is 78.0 Å². The van der Waals surface area contributed by atoms with E-state index in [0.29, 0.717) is 5.69 Å². The van der Waals surface area contributed by atoms with Crippen LogP contribution in [0.3, 0.4) is 0 Å². The number of nitrogen functional groups attached to an aromatic ring is 1. The highest BCUT2D eigenvalue weighted by Crippen LogP contribution is 2.35. The minimum absolute atomic E-state index is 0.0540. The first-order chi connectivity index (χ1) is 16.0. The van der Waals surface area contributed by atoms with Crippen LogP contribution in [0.5, 0.6) is 0 Å². The van der Waals surface area contributed by atoms with Crippen molar-refractivity contribution in [1.82, 2.24) is 19.7 Å². The molecule has 3 aromatic carbocycles. The normalized spacial score (nSPS) is 16.0. The Balaban J connectivity index is 1.75. The number of hydrogen-bond acceptors (Lipinski definition) is 5. The molecule has 33 heavy (non-hydrogen) atoms. The number of likely N-dealkylation sites (N-methyl/N-ethyl adjacent to an activating group) is 1. The largest absolute Gasteiger partial charge is 0.399 e. The summed E-state index contributed by atoms with van der Waals surface area (Å²) in [4.78, 5) is 7.29. The fourth-order valence-electron chi connectivity index (χ4n) is 4.52. The van der Waals surface area contributed by atoms with Crippen LogP contribution in [0.2, 0.25) is 0 Å². The van der Waals surface area contributed by atoms with Gasteiger partial charge in [0.1, 0.15) is 11.9 Å². The van der Waals surface area contributed by atoms with Gasteiger partial charge in [0.25, 0.3) is 0 Å². The number of nitrogens with two attached hydrogens (primary N) is 1. The van der Waals surface area contributed by atoms with E-state index in [-0.39, 0.29) is 12.0 Å². The van der Waals surface area contributed by atoms with Crippen molar-refractivity contribution in [3.63, 3.8) is 0 Å². The SMILES string of the molecule is CC1N=C(c2ccccc2)c2cc(N)ccc2-n2c1nnc2C(CN(C)C)c1ccccc1. The molecule has 2 atom stereocenters. The third kappa shape index (κ3) is 3.94. The Morgan fingerprint density at radius 3 is 2.33 bits per heavy atom. The molecule has 0 saturated heterocycles. The van der Waals surface area contributed by atoms with Crippen LogP contribution in [-0.4, -0.2) is 46.0 Å². The second-order valence-electron chi connectivity index (χ2n) is 8.77. The van der Waals surface area contributed by atoms with Gasteiger partial charge in [-0.15, -0.1) is 10.2 Å². The molecule has 1 aliphatic rings. The van der Waals surface area contributed by atoms with Crippen molar-refractivity contribution in [1.29, 1.82) is 0 Å². The molecule has 6 heteroatoms. The third-order valence-electron chi connectivity index (χ3n) is 6.03. The Labute approximate surface area is 194 Å². The highest BCUT2D eigenvalue weighted by Gasteiger charge is 2.30. The van der Waals surface area contributed by atoms with Crippen LogP contribution < -0.4 is 5.73 Å². The van der Waals surface area contributed by atoms with Crippen LogP contribution in [0.4, 0.5) is 5.69 Å². The van der Waals surface area contributed by atoms with Gasteiger partial charge in [0.05, 0.1) is 17.3 Å². The van der Waals surface area contributed by atoms with Crippen molar-refractivity contribution in [2.24, 2.45) is 4.99 Å². The van der Waals surface area contributed by atoms with Crippen LogP contribution in [0, 0.1) is 0 Å². The quantitative estimate of drug-likeness (QED) is 0.469. The molecule has 1 aromatic heterocycles. The molecule has 0 saturated carbocycles. The summed E-state index contributed by atoms with van der Waals surface area (Å²) in [7, 11) is 4.17. The van der Waals surface area contributed by atoms with Gasteiger partial charge >= 0.3 is 0 Å². The van der Waals surface area contributed by atoms with Crippen molar-refractivity contribution in [2.45, 2.75) is 18.9 Å². The van der Waals surface area contributed by atoms with E-state index in [1.807, 2.05) is 36.4 Å². The number of fused-ring (bicyclic) bond motifs is 3. The summed E-state index contributed by atoms with van der Waals surface area (Å²) in [6.07, 6.45) is 0. The van der Waals surface area contributed by atoms with Crippen LogP contribution in [0.25, 0.3) is 5.69 Å². The van der Waals surface area contributed by atoms with Gasteiger partial charge in [-0.1, -0.05) is 60.7 Å². The molecule has 5 rings (SSSR count). The Bertz CT molecular complexity index is 1290. The fourth-order valence-corrected chi connectivity index (χ4v) is 4.52. The maximum absolute atomic E-state index is 6.26. The molecule has 0 fully saturated rings. The molecule has 2 unspecified atom stereocenters. The lowest BCUT2D eigenvalue weighted by molar-refractivity contribution is 0.384. The number of hydrogen-bond donors (Lipinski definition) is 1. The van der Waals surface area contributed by atoms with Gasteiger partial charge in [0.15, 0.2) is 5.82 Å². The fraction of sp³-hybridized carbons (Fsp3) is 0.222. The van der Waals surface area contributed by atoms with E-state index in [1.165, 1.54) is 5.56 Å². The highest BCUT2D eigenvalue weighted by atomic mass is 15.3. The molecular formula is C27H28N6. The van der Waals surface area contributed by atoms with Crippen LogP contribution in [0.1, 0.15) is 47.2 Å². The number of anilines is 1. The molecule has 0 radical (unpaired) electrons. The Kier molecular flexibility index (Phi) is 5.52. The third-order valence-corrected chi connectivity index (χ3v) is 6.03. The smallest absolute Gasteiger partial charge is 0.162 e. The molecule has 0 bridgehead atoms. The Hall–Kier alpha value is -3.77. The zero-order chi connectivity index (χ0) is 22.9. The van der Waals surface area contributed by atoms with Gasteiger partial charge in [0, 0.05) is 23.4 Å². The number of rotatable bonds is 5. The lowest BCUT2D eigenvalue weighted by Crippen LogP contribution is -2.24. The van der Waals surface area contributed by atoms with Gasteiger partial charge in [0.2, 0.25) is 0 Å². The number of benzene rings is 3. The van der Waals surface area contributed by atoms with E-state index in [0.717, 1.165) is 40.7 Å². The predicted octanol–water partition coefficient (Wildman–Crippen LogP) is 4.46. The molecule has 6 nitrogen and oxygen atoms in total. The monoisotopic (exact) mass is 436 g/mol. The molecule has 166 valence electrons. The van der Waals surface area contributed by atoms with Crippen LogP contribution in [-0.2, 0) is 0 Å². The van der Waals surface area contributed by atoms with Crippen LogP contribution in [0.15, 0.2) is 83.9 Å². The number of aromatic nitrogens is 3. The summed E-state index contributed by atoms with van der Waals surface area (Å²) in [5, 5.41) is 9.38. The second-order valence-corrected chi connectivity index (χ2v) is 8.77. The summed E-state index contributed by atoms with van der Waals surface area (Å²) in [5.41, 5.74) is 12.1. The van der Waals surface area contributed by atoms with Gasteiger partial charge in [-0.2, -0.15) is 0 Å². The molecule has 1 aliphatic heterocycles. The lowest BCUT2D eigenvalue weighted by Gasteiger charge is -2.23. The summed E-state index contributed by atoms with van der Waals surface area (Å²) >= 11 is 0. The molecule has 2 N–H and O–H groups in total. The molecular weight excluding hydrogens is 408 g/mol. The van der Waals surface area contributed by atoms with Crippen molar-refractivity contribution in [3.8, 4) is 5.69 Å². The van der Waals surface area contributed by atoms with Gasteiger partial charge < -0.3 is 10.6 Å². The average Bonchev–Trinajstić information content (AvgIpc) is 3.22. The average molecular weight is 437 g/mol. The molecule has 4 aromatic rings. The molecule has 0 aliphatic carbocycles. The second kappa shape index (κ2) is 8.64. The highest BCUT2D eigenvalue weighted by molar-refractivity contribution is 6.15. The van der Waals surface area contributed by atoms with Gasteiger partial charge in [-0.05, 0) is 44.8 Å². The summed E-state index contributed by atoms with van der Waals surface area (Å²) in [6.45, 7) is 2.89. The van der Waals surface area contributed by atoms with Crippen LogP contribution >= 0.6 is 0 Å². The molecule has 0 amide bonds. The van der Waals surface area contributed by atoms with Crippen molar-refractivity contribution in [2.75, 3.05) is 26.4 Å². The summed E-state index contributed by atoms with van der Waals surface area (Å²) in [5.74, 6) is 1.80. The first-order valence-electron chi connectivity index (χ1n) is 11.2. The topological polar surface area (TPSA) is 72.3 Å². The first-order valence-corrected chi connectivity index (χ1v) is 11.2. The Morgan fingerprint density at radius 1 is 0.939 bits per heavy atom. The predicted molar refractivity (Wildman–Crippen MR) is 133 cm³/mol. The van der Waals surface area contributed by atoms with Crippen molar-refractivity contribution < 1.29 is 0 Å². The lowest BCUT2D eigenvalue weighted by atomic mass is 9.96. The first kappa shape index (κ1) is 21.1. The zero-order valence-corrected chi connectivity index (χ0v) is 19.2. The van der Waals surface area contributed by atoms with Gasteiger partial charge in [-0.25, -0.2) is 0 Å². The maximum Gasteiger partial charge on any atom is 0.162 e. The minimum atomic E-state index is -0.161. The summed E-state index contributed by atoms with van der Waals surface area (Å²) in [6, 6.07) is 26.6. The minimum Gasteiger partial charge on any atom is -0.399 e. The van der Waals surface area contributed by atoms with Crippen molar-refractivity contribution >= 4 is 11.4 Å². The van der Waals surface area contributed by atoms with Gasteiger partial charge in [-0.3, -0.25) is 9.56 Å². The molecule has 0 spiro atoms. The van der Waals surface area contributed by atoms with E-state index >= 15 is 0 Å². The zero-order valence-electron chi connectivity index (χ0n) is 19.2. The van der Waals surface area contributed by atoms with E-state index in [9.17, 15) is 0 Å². The Morgan fingerprint density at radius 2 is 1.64 bits per heavy atom. The number of nitrogens with zero attached hydrogens (tertiary/aromatic N) is 5. The summed E-state index contributed by atoms with van der Waals surface area (Å²) < 4.78 is 2.19.